The third kappa shape index (κ3) is 5.23. The molecule has 160 valence electrons. The Balaban J connectivity index is 1.34. The lowest BCUT2D eigenvalue weighted by Gasteiger charge is -2.09. The number of para-hydroxylation sites is 1. The maximum Gasteiger partial charge on any atom is 0.220 e. The van der Waals surface area contributed by atoms with Gasteiger partial charge >= 0.3 is 0 Å². The van der Waals surface area contributed by atoms with Crippen LogP contribution in [0.1, 0.15) is 33.1 Å². The first-order chi connectivity index (χ1) is 15.1. The van der Waals surface area contributed by atoms with Crippen molar-refractivity contribution in [2.24, 2.45) is 5.92 Å². The first-order valence-electron chi connectivity index (χ1n) is 11.0. The van der Waals surface area contributed by atoms with Crippen LogP contribution in [-0.2, 0) is 4.79 Å². The number of hydrogen-bond acceptors (Lipinski definition) is 3. The molecule has 31 heavy (non-hydrogen) atoms. The van der Waals surface area contributed by atoms with Crippen LogP contribution in [0.15, 0.2) is 60.8 Å². The number of pyridine rings is 1. The molecule has 0 unspecified atom stereocenters. The molecule has 1 amide bonds. The van der Waals surface area contributed by atoms with E-state index in [4.69, 9.17) is 9.72 Å². The lowest BCUT2D eigenvalue weighted by molar-refractivity contribution is -0.121. The zero-order chi connectivity index (χ0) is 21.6. The number of nitrogens with zero attached hydrogens (tertiary/aromatic N) is 1. The topological polar surface area (TPSA) is 67.0 Å². The van der Waals surface area contributed by atoms with Gasteiger partial charge in [-0.1, -0.05) is 38.1 Å². The maximum atomic E-state index is 11.8. The number of fused-ring (bicyclic) bond motifs is 2. The molecular weight excluding hydrogens is 386 g/mol. The van der Waals surface area contributed by atoms with Crippen molar-refractivity contribution in [2.45, 2.75) is 33.1 Å². The highest BCUT2D eigenvalue weighted by molar-refractivity contribution is 5.95. The Morgan fingerprint density at radius 2 is 1.97 bits per heavy atom. The van der Waals surface area contributed by atoms with Gasteiger partial charge in [0.15, 0.2) is 0 Å². The highest BCUT2D eigenvalue weighted by atomic mass is 16.5. The van der Waals surface area contributed by atoms with Crippen molar-refractivity contribution < 1.29 is 9.53 Å². The van der Waals surface area contributed by atoms with Crippen LogP contribution >= 0.6 is 0 Å². The van der Waals surface area contributed by atoms with Crippen LogP contribution in [0.4, 0.5) is 0 Å². The van der Waals surface area contributed by atoms with Crippen molar-refractivity contribution >= 4 is 27.7 Å². The average Bonchev–Trinajstić information content (AvgIpc) is 3.21. The van der Waals surface area contributed by atoms with Crippen LogP contribution in [0.25, 0.3) is 33.1 Å². The molecule has 5 nitrogen and oxygen atoms in total. The van der Waals surface area contributed by atoms with Crippen LogP contribution < -0.4 is 10.1 Å². The number of aromatic amines is 1. The number of rotatable bonds is 9. The SMILES string of the molecule is CC(C)CNC(=O)CCCCOc1ccc2nc(-c3c[nH]c4ccccc34)ccc2c1. The van der Waals surface area contributed by atoms with E-state index in [1.54, 1.807) is 0 Å². The highest BCUT2D eigenvalue weighted by Crippen LogP contribution is 2.29. The van der Waals surface area contributed by atoms with Crippen molar-refractivity contribution in [1.82, 2.24) is 15.3 Å². The number of carbonyl (C=O) groups is 1. The Labute approximate surface area is 182 Å². The van der Waals surface area contributed by atoms with Crippen LogP contribution in [0.3, 0.4) is 0 Å². The minimum Gasteiger partial charge on any atom is -0.494 e. The summed E-state index contributed by atoms with van der Waals surface area (Å²) in [5.74, 6) is 1.43. The van der Waals surface area contributed by atoms with Gasteiger partial charge in [-0.3, -0.25) is 4.79 Å². The monoisotopic (exact) mass is 415 g/mol. The summed E-state index contributed by atoms with van der Waals surface area (Å²) in [6, 6.07) is 18.4. The smallest absolute Gasteiger partial charge is 0.220 e. The Bertz CT molecular complexity index is 1180. The Hall–Kier alpha value is -3.34. The number of H-pyrrole nitrogens is 1. The summed E-state index contributed by atoms with van der Waals surface area (Å²) in [5.41, 5.74) is 4.11. The van der Waals surface area contributed by atoms with Crippen LogP contribution in [0.2, 0.25) is 0 Å². The standard InChI is InChI=1S/C26H29N3O2/c1-18(2)16-28-26(30)9-5-6-14-31-20-11-13-23-19(15-20)10-12-25(29-23)22-17-27-24-8-4-3-7-21(22)24/h3-4,7-8,10-13,15,17-18,27H,5-6,9,14,16H2,1-2H3,(H,28,30). The Morgan fingerprint density at radius 3 is 2.84 bits per heavy atom. The minimum absolute atomic E-state index is 0.122. The molecule has 0 aliphatic heterocycles. The van der Waals surface area contributed by atoms with Crippen LogP contribution in [0.5, 0.6) is 5.75 Å². The molecular formula is C26H29N3O2. The summed E-state index contributed by atoms with van der Waals surface area (Å²) < 4.78 is 5.89. The molecule has 0 saturated heterocycles. The fourth-order valence-corrected chi connectivity index (χ4v) is 3.61. The normalized spacial score (nSPS) is 11.3. The predicted octanol–water partition coefficient (Wildman–Crippen LogP) is 5.70. The molecule has 4 rings (SSSR count). The van der Waals surface area contributed by atoms with Crippen molar-refractivity contribution in [3.05, 3.63) is 60.8 Å². The lowest BCUT2D eigenvalue weighted by atomic mass is 10.1. The van der Waals surface area contributed by atoms with E-state index in [0.717, 1.165) is 52.8 Å². The molecule has 2 aromatic heterocycles. The summed E-state index contributed by atoms with van der Waals surface area (Å²) in [7, 11) is 0. The molecule has 2 heterocycles. The van der Waals surface area contributed by atoms with E-state index in [1.165, 1.54) is 5.39 Å². The zero-order valence-corrected chi connectivity index (χ0v) is 18.2. The second-order valence-electron chi connectivity index (χ2n) is 8.30. The molecule has 2 aromatic carbocycles. The molecule has 0 radical (unpaired) electrons. The number of unbranched alkanes of at least 4 members (excludes halogenated alkanes) is 1. The van der Waals surface area contributed by atoms with Gasteiger partial charge in [-0.15, -0.1) is 0 Å². The Kier molecular flexibility index (Phi) is 6.51. The van der Waals surface area contributed by atoms with Crippen molar-refractivity contribution in [3.63, 3.8) is 0 Å². The van der Waals surface area contributed by atoms with E-state index >= 15 is 0 Å². The van der Waals surface area contributed by atoms with E-state index in [1.807, 2.05) is 36.5 Å². The second kappa shape index (κ2) is 9.65. The second-order valence-corrected chi connectivity index (χ2v) is 8.30. The van der Waals surface area contributed by atoms with Gasteiger partial charge in [-0.25, -0.2) is 4.98 Å². The van der Waals surface area contributed by atoms with E-state index in [0.29, 0.717) is 18.9 Å². The third-order valence-electron chi connectivity index (χ3n) is 5.30. The molecule has 0 atom stereocenters. The molecule has 2 N–H and O–H groups in total. The quantitative estimate of drug-likeness (QED) is 0.344. The van der Waals surface area contributed by atoms with Gasteiger partial charge in [0.05, 0.1) is 17.8 Å². The summed E-state index contributed by atoms with van der Waals surface area (Å²) in [4.78, 5) is 19.9. The number of nitrogens with one attached hydrogen (secondary N) is 2. The summed E-state index contributed by atoms with van der Waals surface area (Å²) in [6.45, 7) is 5.53. The number of benzene rings is 2. The number of hydrogen-bond donors (Lipinski definition) is 2. The summed E-state index contributed by atoms with van der Waals surface area (Å²) in [6.07, 6.45) is 4.24. The van der Waals surface area contributed by atoms with Gasteiger partial charge in [0.25, 0.3) is 0 Å². The summed E-state index contributed by atoms with van der Waals surface area (Å²) >= 11 is 0. The van der Waals surface area contributed by atoms with E-state index in [-0.39, 0.29) is 5.91 Å². The molecule has 0 fully saturated rings. The van der Waals surface area contributed by atoms with Crippen LogP contribution in [-0.4, -0.2) is 29.0 Å². The first-order valence-corrected chi connectivity index (χ1v) is 11.0. The molecule has 0 bridgehead atoms. The number of aromatic nitrogens is 2. The number of carbonyl (C=O) groups excluding carboxylic acids is 1. The van der Waals surface area contributed by atoms with Gasteiger partial charge in [0, 0.05) is 41.0 Å². The largest absolute Gasteiger partial charge is 0.494 e. The maximum absolute atomic E-state index is 11.8. The minimum atomic E-state index is 0.122. The number of amides is 1. The summed E-state index contributed by atoms with van der Waals surface area (Å²) in [5, 5.41) is 5.17. The van der Waals surface area contributed by atoms with Crippen molar-refractivity contribution in [3.8, 4) is 17.0 Å². The lowest BCUT2D eigenvalue weighted by Crippen LogP contribution is -2.27. The van der Waals surface area contributed by atoms with Gasteiger partial charge in [0.2, 0.25) is 5.91 Å². The molecule has 0 aliphatic carbocycles. The number of ether oxygens (including phenoxy) is 1. The van der Waals surface area contributed by atoms with E-state index in [9.17, 15) is 4.79 Å². The fourth-order valence-electron chi connectivity index (χ4n) is 3.61. The Morgan fingerprint density at radius 1 is 1.10 bits per heavy atom. The molecule has 0 saturated carbocycles. The van der Waals surface area contributed by atoms with Gasteiger partial charge in [0.1, 0.15) is 5.75 Å². The van der Waals surface area contributed by atoms with Gasteiger partial charge in [-0.2, -0.15) is 0 Å². The molecule has 5 heteroatoms. The average molecular weight is 416 g/mol. The van der Waals surface area contributed by atoms with Gasteiger partial charge < -0.3 is 15.0 Å². The molecule has 0 aliphatic rings. The van der Waals surface area contributed by atoms with Gasteiger partial charge in [-0.05, 0) is 49.1 Å². The van der Waals surface area contributed by atoms with E-state index in [2.05, 4.69) is 48.4 Å². The van der Waals surface area contributed by atoms with E-state index < -0.39 is 0 Å². The highest BCUT2D eigenvalue weighted by Gasteiger charge is 2.08. The molecule has 0 spiro atoms. The third-order valence-corrected chi connectivity index (χ3v) is 5.30. The van der Waals surface area contributed by atoms with Crippen molar-refractivity contribution in [1.29, 1.82) is 0 Å². The van der Waals surface area contributed by atoms with Crippen molar-refractivity contribution in [2.75, 3.05) is 13.2 Å². The fraction of sp³-hybridized carbons (Fsp3) is 0.308. The predicted molar refractivity (Wildman–Crippen MR) is 126 cm³/mol. The molecule has 4 aromatic rings. The first kappa shape index (κ1) is 20.9. The zero-order valence-electron chi connectivity index (χ0n) is 18.2. The van der Waals surface area contributed by atoms with Crippen LogP contribution in [0, 0.1) is 5.92 Å².